The van der Waals surface area contributed by atoms with Gasteiger partial charge in [-0.25, -0.2) is 4.98 Å². The maximum Gasteiger partial charge on any atom is 0.392 e. The zero-order valence-electron chi connectivity index (χ0n) is 15.9. The minimum atomic E-state index is -4.23. The lowest BCUT2D eigenvalue weighted by Gasteiger charge is -2.31. The summed E-state index contributed by atoms with van der Waals surface area (Å²) in [5, 5.41) is 3.27. The highest BCUT2D eigenvalue weighted by Gasteiger charge is 2.42. The van der Waals surface area contributed by atoms with Crippen molar-refractivity contribution >= 4 is 11.7 Å². The highest BCUT2D eigenvalue weighted by molar-refractivity contribution is 5.93. The summed E-state index contributed by atoms with van der Waals surface area (Å²) in [6.07, 6.45) is -3.98. The number of hydrogen-bond donors (Lipinski definition) is 1. The van der Waals surface area contributed by atoms with Gasteiger partial charge in [0.25, 0.3) is 5.91 Å². The predicted octanol–water partition coefficient (Wildman–Crippen LogP) is 3.43. The Morgan fingerprint density at radius 3 is 2.52 bits per heavy atom. The topological polar surface area (TPSA) is 54.5 Å². The predicted molar refractivity (Wildman–Crippen MR) is 95.9 cm³/mol. The molecule has 1 aromatic rings. The molecular formula is C19H26F3N3O2. The Bertz CT molecular complexity index is 707. The number of hydrogen-bond acceptors (Lipinski definition) is 4. The number of ether oxygens (including phenoxy) is 1. The van der Waals surface area contributed by atoms with Crippen molar-refractivity contribution in [1.82, 2.24) is 9.88 Å². The molecule has 1 aliphatic heterocycles. The van der Waals surface area contributed by atoms with E-state index in [1.54, 1.807) is 11.0 Å². The molecule has 1 fully saturated rings. The average Bonchev–Trinajstić information content (AvgIpc) is 2.59. The molecule has 5 nitrogen and oxygen atoms in total. The summed E-state index contributed by atoms with van der Waals surface area (Å²) in [6, 6.07) is 1.55. The van der Waals surface area contributed by atoms with Crippen LogP contribution in [0.1, 0.15) is 48.8 Å². The molecule has 1 aliphatic carbocycles. The van der Waals surface area contributed by atoms with Gasteiger partial charge in [0.15, 0.2) is 0 Å². The largest absolute Gasteiger partial charge is 0.392 e. The van der Waals surface area contributed by atoms with Crippen LogP contribution in [0.2, 0.25) is 0 Å². The second-order valence-electron chi connectivity index (χ2n) is 8.25. The average molecular weight is 385 g/mol. The van der Waals surface area contributed by atoms with Gasteiger partial charge in [-0.05, 0) is 57.2 Å². The number of alkyl halides is 3. The van der Waals surface area contributed by atoms with Crippen molar-refractivity contribution < 1.29 is 22.7 Å². The molecule has 150 valence electrons. The summed E-state index contributed by atoms with van der Waals surface area (Å²) in [7, 11) is 0. The molecule has 1 saturated heterocycles. The fraction of sp³-hybridized carbons (Fsp3) is 0.684. The lowest BCUT2D eigenvalue weighted by atomic mass is 9.83. The fourth-order valence-electron chi connectivity index (χ4n) is 3.55. The molecule has 27 heavy (non-hydrogen) atoms. The van der Waals surface area contributed by atoms with Crippen LogP contribution in [0.15, 0.2) is 6.07 Å². The lowest BCUT2D eigenvalue weighted by molar-refractivity contribution is -0.177. The molecule has 2 heterocycles. The molecule has 0 spiro atoms. The van der Waals surface area contributed by atoms with Crippen LogP contribution in [-0.4, -0.2) is 53.8 Å². The molecule has 1 aromatic heterocycles. The van der Waals surface area contributed by atoms with Gasteiger partial charge in [-0.15, -0.1) is 0 Å². The van der Waals surface area contributed by atoms with E-state index in [2.05, 4.69) is 10.3 Å². The molecule has 0 bridgehead atoms. The van der Waals surface area contributed by atoms with Gasteiger partial charge in [-0.3, -0.25) is 4.79 Å². The van der Waals surface area contributed by atoms with Crippen LogP contribution >= 0.6 is 0 Å². The van der Waals surface area contributed by atoms with Crippen LogP contribution in [0.5, 0.6) is 0 Å². The van der Waals surface area contributed by atoms with E-state index in [1.165, 1.54) is 0 Å². The van der Waals surface area contributed by atoms with E-state index < -0.39 is 12.1 Å². The first kappa shape index (κ1) is 19.9. The van der Waals surface area contributed by atoms with Gasteiger partial charge in [-0.2, -0.15) is 13.2 Å². The van der Waals surface area contributed by atoms with Crippen molar-refractivity contribution in [3.8, 4) is 0 Å². The molecule has 1 amide bonds. The molecule has 0 saturated carbocycles. The summed E-state index contributed by atoms with van der Waals surface area (Å²) in [6.45, 7) is 7.71. The summed E-state index contributed by atoms with van der Waals surface area (Å²) < 4.78 is 45.0. The monoisotopic (exact) mass is 385 g/mol. The third kappa shape index (κ3) is 4.72. The summed E-state index contributed by atoms with van der Waals surface area (Å²) in [5.74, 6) is -1.11. The van der Waals surface area contributed by atoms with Crippen molar-refractivity contribution in [2.45, 2.75) is 51.7 Å². The molecular weight excluding hydrogens is 359 g/mol. The lowest BCUT2D eigenvalue weighted by Crippen LogP contribution is -2.41. The minimum Gasteiger partial charge on any atom is -0.378 e. The molecule has 3 rings (SSSR count). The maximum absolute atomic E-state index is 13.2. The molecule has 8 heteroatoms. The van der Waals surface area contributed by atoms with Crippen LogP contribution in [0.3, 0.4) is 0 Å². The van der Waals surface area contributed by atoms with E-state index in [0.717, 1.165) is 5.56 Å². The summed E-state index contributed by atoms with van der Waals surface area (Å²) in [4.78, 5) is 19.0. The molecule has 1 atom stereocenters. The third-order valence-electron chi connectivity index (χ3n) is 4.90. The van der Waals surface area contributed by atoms with Gasteiger partial charge in [0.05, 0.1) is 19.1 Å². The van der Waals surface area contributed by atoms with Crippen LogP contribution in [0, 0.1) is 5.92 Å². The van der Waals surface area contributed by atoms with Crippen molar-refractivity contribution in [3.05, 3.63) is 22.9 Å². The SMILES string of the molecule is CC(C)(C)Nc1nc(C(=O)N2CCOCC2)cc2c1CCC(C(F)(F)F)C2. The number of carbonyl (C=O) groups excluding carboxylic acids is 1. The first-order valence-corrected chi connectivity index (χ1v) is 9.29. The molecule has 2 aliphatic rings. The number of fused-ring (bicyclic) bond motifs is 1. The quantitative estimate of drug-likeness (QED) is 0.848. The zero-order chi connectivity index (χ0) is 19.8. The first-order valence-electron chi connectivity index (χ1n) is 9.29. The van der Waals surface area contributed by atoms with Gasteiger partial charge in [0.1, 0.15) is 11.5 Å². The van der Waals surface area contributed by atoms with Crippen LogP contribution in [0.4, 0.5) is 19.0 Å². The second kappa shape index (κ2) is 7.30. The van der Waals surface area contributed by atoms with Crippen molar-refractivity contribution in [1.29, 1.82) is 0 Å². The molecule has 1 N–H and O–H groups in total. The van der Waals surface area contributed by atoms with Crippen LogP contribution < -0.4 is 5.32 Å². The standard InChI is InChI=1S/C19H26F3N3O2/c1-18(2,3)24-16-14-5-4-13(19(20,21)22)10-12(14)11-15(23-16)17(26)25-6-8-27-9-7-25/h11,13H,4-10H2,1-3H3,(H,23,24). The number of nitrogens with zero attached hydrogens (tertiary/aromatic N) is 2. The van der Waals surface area contributed by atoms with Gasteiger partial charge < -0.3 is 15.0 Å². The Morgan fingerprint density at radius 1 is 1.26 bits per heavy atom. The first-order chi connectivity index (χ1) is 12.5. The van der Waals surface area contributed by atoms with Crippen molar-refractivity contribution in [2.24, 2.45) is 5.92 Å². The fourth-order valence-corrected chi connectivity index (χ4v) is 3.55. The smallest absolute Gasteiger partial charge is 0.378 e. The van der Waals surface area contributed by atoms with E-state index in [0.29, 0.717) is 44.1 Å². The van der Waals surface area contributed by atoms with E-state index in [-0.39, 0.29) is 30.0 Å². The number of pyridine rings is 1. The molecule has 0 radical (unpaired) electrons. The second-order valence-corrected chi connectivity index (χ2v) is 8.25. The number of amides is 1. The number of morpholine rings is 1. The highest BCUT2D eigenvalue weighted by atomic mass is 19.4. The number of anilines is 1. The third-order valence-corrected chi connectivity index (χ3v) is 4.90. The van der Waals surface area contributed by atoms with Crippen LogP contribution in [0.25, 0.3) is 0 Å². The van der Waals surface area contributed by atoms with E-state index >= 15 is 0 Å². The minimum absolute atomic E-state index is 0.0494. The van der Waals surface area contributed by atoms with Crippen molar-refractivity contribution in [2.75, 3.05) is 31.6 Å². The normalized spacial score (nSPS) is 21.0. The van der Waals surface area contributed by atoms with E-state index in [1.807, 2.05) is 20.8 Å². The van der Waals surface area contributed by atoms with Crippen LogP contribution in [-0.2, 0) is 17.6 Å². The number of rotatable bonds is 2. The number of carbonyl (C=O) groups is 1. The van der Waals surface area contributed by atoms with Gasteiger partial charge in [-0.1, -0.05) is 0 Å². The zero-order valence-corrected chi connectivity index (χ0v) is 15.9. The molecule has 1 unspecified atom stereocenters. The van der Waals surface area contributed by atoms with Crippen molar-refractivity contribution in [3.63, 3.8) is 0 Å². The Kier molecular flexibility index (Phi) is 5.38. The number of nitrogens with one attached hydrogen (secondary N) is 1. The number of halogens is 3. The van der Waals surface area contributed by atoms with E-state index in [9.17, 15) is 18.0 Å². The Labute approximate surface area is 157 Å². The maximum atomic E-state index is 13.2. The Morgan fingerprint density at radius 2 is 1.93 bits per heavy atom. The number of aromatic nitrogens is 1. The molecule has 0 aromatic carbocycles. The van der Waals surface area contributed by atoms with E-state index in [4.69, 9.17) is 4.74 Å². The summed E-state index contributed by atoms with van der Waals surface area (Å²) >= 11 is 0. The van der Waals surface area contributed by atoms with Gasteiger partial charge in [0, 0.05) is 18.6 Å². The summed E-state index contributed by atoms with van der Waals surface area (Å²) in [5.41, 5.74) is 1.25. The Hall–Kier alpha value is -1.83. The Balaban J connectivity index is 1.97. The highest BCUT2D eigenvalue weighted by Crippen LogP contribution is 2.39. The van der Waals surface area contributed by atoms with Gasteiger partial charge in [0.2, 0.25) is 0 Å². The van der Waals surface area contributed by atoms with Gasteiger partial charge >= 0.3 is 6.18 Å².